The van der Waals surface area contributed by atoms with Gasteiger partial charge in [-0.3, -0.25) is 14.5 Å². The zero-order valence-electron chi connectivity index (χ0n) is 19.6. The number of nitrogens with zero attached hydrogens (tertiary/aromatic N) is 5. The standard InChI is InChI=1S/C22H25N7O5S2/c1-34-27-14(13-10-36-21(24)25-13)17(30)26-15-18(31)28-16(20(32)33)12(9-35-19(15)28)8-29-5-2-22(11-23,3-6-29)4-7-29/h10,15,19H,2-9H2,1H3,(H3-,24,25,26,30,32,33)/b27-14-/t15-,19-,22?,29?/m1/s1. The number of amides is 2. The molecule has 2 atom stereocenters. The second-order valence-electron chi connectivity index (χ2n) is 9.61. The summed E-state index contributed by atoms with van der Waals surface area (Å²) in [5.41, 5.74) is 6.06. The van der Waals surface area contributed by atoms with E-state index in [2.05, 4.69) is 21.5 Å². The van der Waals surface area contributed by atoms with Gasteiger partial charge in [0.15, 0.2) is 10.8 Å². The lowest BCUT2D eigenvalue weighted by molar-refractivity contribution is -0.940. The van der Waals surface area contributed by atoms with E-state index in [1.807, 2.05) is 0 Å². The summed E-state index contributed by atoms with van der Waals surface area (Å²) in [4.78, 5) is 48.2. The Morgan fingerprint density at radius 3 is 2.67 bits per heavy atom. The predicted molar refractivity (Wildman–Crippen MR) is 129 cm³/mol. The van der Waals surface area contributed by atoms with Crippen molar-refractivity contribution >= 4 is 51.7 Å². The number of β-lactam (4-membered cyclic amide) rings is 1. The topological polar surface area (TPSA) is 174 Å². The van der Waals surface area contributed by atoms with Gasteiger partial charge < -0.3 is 30.3 Å². The Bertz CT molecular complexity index is 1210. The molecule has 0 saturated carbocycles. The van der Waals surface area contributed by atoms with Crippen molar-refractivity contribution in [3.8, 4) is 6.07 Å². The number of hydrogen-bond donors (Lipinski definition) is 2. The van der Waals surface area contributed by atoms with Crippen LogP contribution in [0.15, 0.2) is 21.8 Å². The molecular formula is C22H25N7O5S2. The molecule has 12 nitrogen and oxygen atoms in total. The highest BCUT2D eigenvalue weighted by molar-refractivity contribution is 8.00. The number of hydrogen-bond acceptors (Lipinski definition) is 11. The van der Waals surface area contributed by atoms with Crippen LogP contribution >= 0.6 is 23.1 Å². The number of quaternary nitrogens is 1. The largest absolute Gasteiger partial charge is 0.543 e. The van der Waals surface area contributed by atoms with Crippen molar-refractivity contribution in [1.29, 1.82) is 5.26 Å². The van der Waals surface area contributed by atoms with Crippen LogP contribution in [0.5, 0.6) is 0 Å². The average molecular weight is 532 g/mol. The van der Waals surface area contributed by atoms with E-state index in [-0.39, 0.29) is 27.6 Å². The maximum Gasteiger partial charge on any atom is 0.276 e. The van der Waals surface area contributed by atoms with E-state index in [9.17, 15) is 24.8 Å². The number of nitriles is 1. The highest BCUT2D eigenvalue weighted by Gasteiger charge is 2.55. The normalized spacial score (nSPS) is 31.4. The number of oxime groups is 1. The Morgan fingerprint density at radius 1 is 1.42 bits per heavy atom. The summed E-state index contributed by atoms with van der Waals surface area (Å²) in [6.45, 7) is 2.98. The number of thioether (sulfide) groups is 1. The van der Waals surface area contributed by atoms with Crippen molar-refractivity contribution in [3.05, 3.63) is 22.3 Å². The lowest BCUT2D eigenvalue weighted by Gasteiger charge is -2.54. The number of fused-ring (bicyclic) bond motifs is 4. The number of piperidine rings is 3. The minimum atomic E-state index is -1.40. The van der Waals surface area contributed by atoms with Crippen LogP contribution in [-0.2, 0) is 19.2 Å². The molecule has 0 radical (unpaired) electrons. The number of rotatable bonds is 7. The smallest absolute Gasteiger partial charge is 0.276 e. The van der Waals surface area contributed by atoms with Crippen LogP contribution in [0.25, 0.3) is 0 Å². The van der Waals surface area contributed by atoms with Crippen LogP contribution in [0.4, 0.5) is 5.13 Å². The van der Waals surface area contributed by atoms with Gasteiger partial charge in [0.05, 0.1) is 42.8 Å². The van der Waals surface area contributed by atoms with Crippen molar-refractivity contribution in [1.82, 2.24) is 15.2 Å². The Kier molecular flexibility index (Phi) is 6.17. The van der Waals surface area contributed by atoms with E-state index in [0.717, 1.165) is 54.7 Å². The van der Waals surface area contributed by atoms with Gasteiger partial charge in [-0.1, -0.05) is 5.16 Å². The second kappa shape index (κ2) is 9.06. The van der Waals surface area contributed by atoms with Crippen LogP contribution in [0.2, 0.25) is 0 Å². The van der Waals surface area contributed by atoms with Crippen LogP contribution in [-0.4, -0.2) is 88.3 Å². The van der Waals surface area contributed by atoms with Gasteiger partial charge in [0.2, 0.25) is 0 Å². The first-order chi connectivity index (χ1) is 17.2. The number of carboxylic acid groups (broad SMARTS) is 1. The maximum atomic E-state index is 13.1. The third-order valence-electron chi connectivity index (χ3n) is 7.65. The summed E-state index contributed by atoms with van der Waals surface area (Å²) < 4.78 is 0.733. The fourth-order valence-corrected chi connectivity index (χ4v) is 7.45. The van der Waals surface area contributed by atoms with Crippen molar-refractivity contribution in [3.63, 3.8) is 0 Å². The van der Waals surface area contributed by atoms with Gasteiger partial charge in [-0.15, -0.1) is 23.1 Å². The highest BCUT2D eigenvalue weighted by atomic mass is 32.2. The van der Waals surface area contributed by atoms with E-state index < -0.39 is 29.2 Å². The Balaban J connectivity index is 1.32. The summed E-state index contributed by atoms with van der Waals surface area (Å²) in [5.74, 6) is -2.18. The molecule has 1 aromatic heterocycles. The number of nitrogens with two attached hydrogens (primary N) is 1. The molecule has 190 valence electrons. The number of aliphatic carboxylic acids is 1. The first-order valence-corrected chi connectivity index (χ1v) is 13.4. The average Bonchev–Trinajstić information content (AvgIpc) is 3.31. The van der Waals surface area contributed by atoms with E-state index >= 15 is 0 Å². The van der Waals surface area contributed by atoms with E-state index in [4.69, 9.17) is 10.6 Å². The SMILES string of the molecule is CO/N=C(\C(=O)N[C@@H]1C(=O)N2C(C(=O)[O-])=C(C[N+]34CCC(C#N)(CC3)CC4)CS[C@H]12)c1csc(N)n1. The van der Waals surface area contributed by atoms with E-state index in [1.54, 1.807) is 5.38 Å². The molecule has 1 aromatic rings. The van der Waals surface area contributed by atoms with Gasteiger partial charge in [0.1, 0.15) is 30.8 Å². The number of carboxylic acids is 1. The van der Waals surface area contributed by atoms with Crippen LogP contribution < -0.4 is 16.2 Å². The zero-order chi connectivity index (χ0) is 25.7. The molecule has 36 heavy (non-hydrogen) atoms. The number of thiazole rings is 1. The van der Waals surface area contributed by atoms with Gasteiger partial charge in [0.25, 0.3) is 11.8 Å². The molecule has 4 fully saturated rings. The van der Waals surface area contributed by atoms with Crippen LogP contribution in [0, 0.1) is 16.7 Å². The number of anilines is 1. The molecule has 5 aliphatic heterocycles. The third-order valence-corrected chi connectivity index (χ3v) is 9.66. The molecule has 2 amide bonds. The minimum absolute atomic E-state index is 0.0949. The quantitative estimate of drug-likeness (QED) is 0.194. The van der Waals surface area contributed by atoms with Gasteiger partial charge in [-0.2, -0.15) is 5.26 Å². The fraction of sp³-hybridized carbons (Fsp3) is 0.545. The lowest BCUT2D eigenvalue weighted by Crippen LogP contribution is -2.72. The van der Waals surface area contributed by atoms with Gasteiger partial charge >= 0.3 is 0 Å². The summed E-state index contributed by atoms with van der Waals surface area (Å²) in [5, 5.41) is 29.3. The molecule has 0 spiro atoms. The minimum Gasteiger partial charge on any atom is -0.543 e. The Hall–Kier alpha value is -3.15. The summed E-state index contributed by atoms with van der Waals surface area (Å²) in [7, 11) is 1.28. The monoisotopic (exact) mass is 531 g/mol. The lowest BCUT2D eigenvalue weighted by atomic mass is 9.71. The number of carbonyl (C=O) groups is 3. The molecule has 6 rings (SSSR count). The van der Waals surface area contributed by atoms with Crippen molar-refractivity contribution in [2.24, 2.45) is 10.6 Å². The van der Waals surface area contributed by atoms with Crippen LogP contribution in [0.3, 0.4) is 0 Å². The molecule has 0 unspecified atom stereocenters. The van der Waals surface area contributed by atoms with Crippen molar-refractivity contribution < 1.29 is 28.8 Å². The second-order valence-corrected chi connectivity index (χ2v) is 11.6. The number of nitrogen functional groups attached to an aromatic ring is 1. The van der Waals surface area contributed by atoms with Crippen LogP contribution in [0.1, 0.15) is 25.0 Å². The Morgan fingerprint density at radius 2 is 2.11 bits per heavy atom. The van der Waals surface area contributed by atoms with Crippen molar-refractivity contribution in [2.75, 3.05) is 44.8 Å². The first kappa shape index (κ1) is 24.5. The fourth-order valence-electron chi connectivity index (χ4n) is 5.57. The third kappa shape index (κ3) is 4.00. The van der Waals surface area contributed by atoms with E-state index in [1.165, 1.54) is 23.8 Å². The zero-order valence-corrected chi connectivity index (χ0v) is 21.2. The Labute approximate surface area is 215 Å². The van der Waals surface area contributed by atoms with E-state index in [0.29, 0.717) is 17.9 Å². The molecule has 2 bridgehead atoms. The molecule has 14 heteroatoms. The molecular weight excluding hydrogens is 506 g/mol. The van der Waals surface area contributed by atoms with Gasteiger partial charge in [0, 0.05) is 36.0 Å². The summed E-state index contributed by atoms with van der Waals surface area (Å²) in [6, 6.07) is 1.56. The maximum absolute atomic E-state index is 13.1. The van der Waals surface area contributed by atoms with Gasteiger partial charge in [-0.05, 0) is 0 Å². The molecule has 0 aliphatic carbocycles. The predicted octanol–water partition coefficient (Wildman–Crippen LogP) is -0.996. The number of aromatic nitrogens is 1. The molecule has 4 saturated heterocycles. The highest BCUT2D eigenvalue weighted by Crippen LogP contribution is 2.46. The number of nitrogens with one attached hydrogen (secondary N) is 1. The van der Waals surface area contributed by atoms with Gasteiger partial charge in [-0.25, -0.2) is 4.98 Å². The molecule has 6 heterocycles. The van der Waals surface area contributed by atoms with Crippen molar-refractivity contribution in [2.45, 2.75) is 30.7 Å². The molecule has 3 N–H and O–H groups in total. The summed E-state index contributed by atoms with van der Waals surface area (Å²) >= 11 is 2.54. The first-order valence-electron chi connectivity index (χ1n) is 11.5. The molecule has 0 aromatic carbocycles. The number of carbonyl (C=O) groups excluding carboxylic acids is 3. The molecule has 5 aliphatic rings. The summed E-state index contributed by atoms with van der Waals surface area (Å²) in [6.07, 6.45) is 2.42.